The first-order valence-corrected chi connectivity index (χ1v) is 18.3. The Labute approximate surface area is 261 Å². The predicted molar refractivity (Wildman–Crippen MR) is 181 cm³/mol. The van der Waals surface area contributed by atoms with Crippen LogP contribution >= 0.6 is 0 Å². The number of aliphatic carboxylic acids is 1. The second-order valence-corrected chi connectivity index (χ2v) is 12.4. The van der Waals surface area contributed by atoms with Gasteiger partial charge in [0.05, 0.1) is 0 Å². The number of rotatable bonds is 33. The van der Waals surface area contributed by atoms with Crippen molar-refractivity contribution in [3.8, 4) is 0 Å². The molecule has 0 aromatic carbocycles. The highest BCUT2D eigenvalue weighted by molar-refractivity contribution is 5.69. The van der Waals surface area contributed by atoms with Gasteiger partial charge in [0.15, 0.2) is 0 Å². The highest BCUT2D eigenvalue weighted by Gasteiger charge is 2.14. The summed E-state index contributed by atoms with van der Waals surface area (Å²) in [6, 6.07) is 0. The number of carboxylic acids is 1. The fraction of sp³-hybridized carbons (Fsp3) is 0.842. The van der Waals surface area contributed by atoms with Crippen LogP contribution in [-0.4, -0.2) is 23.1 Å². The number of carboxylic acid groups (broad SMARTS) is 1. The third-order valence-corrected chi connectivity index (χ3v) is 8.18. The maximum Gasteiger partial charge on any atom is 0.306 e. The van der Waals surface area contributed by atoms with Gasteiger partial charge >= 0.3 is 11.9 Å². The lowest BCUT2D eigenvalue weighted by Crippen LogP contribution is -2.18. The van der Waals surface area contributed by atoms with Crippen molar-refractivity contribution in [1.82, 2.24) is 0 Å². The topological polar surface area (TPSA) is 63.6 Å². The molecule has 0 saturated heterocycles. The average Bonchev–Trinajstić information content (AvgIpc) is 2.97. The first-order valence-electron chi connectivity index (χ1n) is 18.3. The van der Waals surface area contributed by atoms with Gasteiger partial charge in [0.25, 0.3) is 0 Å². The van der Waals surface area contributed by atoms with Gasteiger partial charge in [-0.2, -0.15) is 0 Å². The summed E-state index contributed by atoms with van der Waals surface area (Å²) >= 11 is 0. The van der Waals surface area contributed by atoms with Crippen molar-refractivity contribution in [3.05, 3.63) is 24.3 Å². The Morgan fingerprint density at radius 3 is 1.45 bits per heavy atom. The van der Waals surface area contributed by atoms with Gasteiger partial charge in [-0.25, -0.2) is 0 Å². The molecule has 0 spiro atoms. The molecule has 0 aliphatic heterocycles. The number of carbonyl (C=O) groups excluding carboxylic acids is 1. The van der Waals surface area contributed by atoms with Crippen molar-refractivity contribution < 1.29 is 19.4 Å². The number of esters is 1. The van der Waals surface area contributed by atoms with Gasteiger partial charge in [-0.3, -0.25) is 9.59 Å². The molecule has 0 amide bonds. The fourth-order valence-electron chi connectivity index (χ4n) is 5.45. The summed E-state index contributed by atoms with van der Waals surface area (Å²) < 4.78 is 5.93. The van der Waals surface area contributed by atoms with E-state index in [0.29, 0.717) is 12.8 Å². The van der Waals surface area contributed by atoms with E-state index >= 15 is 0 Å². The summed E-state index contributed by atoms with van der Waals surface area (Å²) in [6.07, 6.45) is 42.2. The normalized spacial score (nSPS) is 12.4. The van der Waals surface area contributed by atoms with Crippen LogP contribution in [0.2, 0.25) is 0 Å². The number of hydrogen-bond donors (Lipinski definition) is 1. The van der Waals surface area contributed by atoms with Gasteiger partial charge in [-0.15, -0.1) is 0 Å². The summed E-state index contributed by atoms with van der Waals surface area (Å²) in [5.41, 5.74) is 0. The lowest BCUT2D eigenvalue weighted by molar-refractivity contribution is -0.150. The molecule has 0 heterocycles. The van der Waals surface area contributed by atoms with E-state index in [1.165, 1.54) is 109 Å². The highest BCUT2D eigenvalue weighted by atomic mass is 16.5. The van der Waals surface area contributed by atoms with Gasteiger partial charge in [0.2, 0.25) is 0 Å². The Bertz CT molecular complexity index is 639. The number of unbranched alkanes of at least 4 members (excludes halogenated alkanes) is 20. The van der Waals surface area contributed by atoms with Gasteiger partial charge < -0.3 is 9.84 Å². The Hall–Kier alpha value is -1.58. The molecule has 0 bridgehead atoms. The van der Waals surface area contributed by atoms with Gasteiger partial charge in [0.1, 0.15) is 6.10 Å². The van der Waals surface area contributed by atoms with E-state index in [2.05, 4.69) is 38.2 Å². The first-order chi connectivity index (χ1) is 20.6. The van der Waals surface area contributed by atoms with Crippen LogP contribution in [0, 0.1) is 0 Å². The van der Waals surface area contributed by atoms with Crippen molar-refractivity contribution in [2.75, 3.05) is 0 Å². The minimum absolute atomic E-state index is 0.0157. The minimum Gasteiger partial charge on any atom is -0.481 e. The molecule has 0 saturated carbocycles. The molecule has 4 nitrogen and oxygen atoms in total. The quantitative estimate of drug-likeness (QED) is 0.0469. The number of allylic oxidation sites excluding steroid dienone is 4. The lowest BCUT2D eigenvalue weighted by atomic mass is 10.0. The van der Waals surface area contributed by atoms with E-state index in [9.17, 15) is 9.59 Å². The fourth-order valence-corrected chi connectivity index (χ4v) is 5.45. The molecule has 1 atom stereocenters. The minimum atomic E-state index is -0.680. The third-order valence-electron chi connectivity index (χ3n) is 8.18. The van der Waals surface area contributed by atoms with E-state index < -0.39 is 5.97 Å². The molecule has 42 heavy (non-hydrogen) atoms. The van der Waals surface area contributed by atoms with Crippen LogP contribution in [0.3, 0.4) is 0 Å². The molecule has 1 N–H and O–H groups in total. The summed E-state index contributed by atoms with van der Waals surface area (Å²) in [5.74, 6) is -0.664. The number of hydrogen-bond acceptors (Lipinski definition) is 3. The van der Waals surface area contributed by atoms with Crippen molar-refractivity contribution >= 4 is 11.9 Å². The molecule has 1 unspecified atom stereocenters. The zero-order valence-corrected chi connectivity index (χ0v) is 28.1. The molecule has 0 aliphatic rings. The molecule has 0 rings (SSSR count). The maximum atomic E-state index is 12.5. The van der Waals surface area contributed by atoms with Crippen LogP contribution in [0.4, 0.5) is 0 Å². The molecule has 0 aromatic heterocycles. The molecular formula is C38H70O4. The van der Waals surface area contributed by atoms with Gasteiger partial charge in [-0.1, -0.05) is 141 Å². The van der Waals surface area contributed by atoms with E-state index in [0.717, 1.165) is 64.2 Å². The first kappa shape index (κ1) is 40.4. The van der Waals surface area contributed by atoms with Crippen LogP contribution in [0.1, 0.15) is 200 Å². The zero-order chi connectivity index (χ0) is 30.8. The maximum absolute atomic E-state index is 12.5. The Balaban J connectivity index is 3.75. The monoisotopic (exact) mass is 591 g/mol. The Morgan fingerprint density at radius 1 is 0.524 bits per heavy atom. The molecule has 0 radical (unpaired) electrons. The SMILES string of the molecule is CCCCC/C=C\C/C=C\CCCCCCCCCC(=O)OC(CCCCC)CCCCCCCCCCCC(=O)O. The van der Waals surface area contributed by atoms with Gasteiger partial charge in [0, 0.05) is 12.8 Å². The standard InChI is InChI=1S/C38H70O4/c1-3-5-7-8-9-10-11-12-13-14-15-16-17-21-24-27-31-35-38(41)42-36(32-28-6-4-2)33-29-25-22-19-18-20-23-26-30-34-37(39)40/h9-10,12-13,36H,3-8,11,14-35H2,1-2H3,(H,39,40)/b10-9-,13-12-. The summed E-state index contributed by atoms with van der Waals surface area (Å²) in [5, 5.41) is 8.69. The van der Waals surface area contributed by atoms with Crippen molar-refractivity contribution in [2.24, 2.45) is 0 Å². The van der Waals surface area contributed by atoms with E-state index in [-0.39, 0.29) is 12.1 Å². The van der Waals surface area contributed by atoms with Crippen LogP contribution in [0.5, 0.6) is 0 Å². The van der Waals surface area contributed by atoms with E-state index in [1.54, 1.807) is 0 Å². The Morgan fingerprint density at radius 2 is 0.929 bits per heavy atom. The van der Waals surface area contributed by atoms with E-state index in [4.69, 9.17) is 9.84 Å². The number of ether oxygens (including phenoxy) is 1. The summed E-state index contributed by atoms with van der Waals surface area (Å²) in [7, 11) is 0. The zero-order valence-electron chi connectivity index (χ0n) is 28.1. The second kappa shape index (κ2) is 33.9. The molecule has 246 valence electrons. The van der Waals surface area contributed by atoms with Crippen LogP contribution in [-0.2, 0) is 14.3 Å². The van der Waals surface area contributed by atoms with Crippen LogP contribution in [0.25, 0.3) is 0 Å². The molecule has 0 fully saturated rings. The molecular weight excluding hydrogens is 520 g/mol. The molecule has 0 aliphatic carbocycles. The predicted octanol–water partition coefficient (Wildman–Crippen LogP) is 12.4. The molecule has 0 aromatic rings. The van der Waals surface area contributed by atoms with E-state index in [1.807, 2.05) is 0 Å². The van der Waals surface area contributed by atoms with Crippen LogP contribution < -0.4 is 0 Å². The second-order valence-electron chi connectivity index (χ2n) is 12.4. The largest absolute Gasteiger partial charge is 0.481 e. The summed E-state index contributed by atoms with van der Waals surface area (Å²) in [4.78, 5) is 23.0. The lowest BCUT2D eigenvalue weighted by Gasteiger charge is -2.18. The highest BCUT2D eigenvalue weighted by Crippen LogP contribution is 2.18. The Kier molecular flexibility index (Phi) is 32.6. The van der Waals surface area contributed by atoms with Crippen LogP contribution in [0.15, 0.2) is 24.3 Å². The van der Waals surface area contributed by atoms with Crippen molar-refractivity contribution in [2.45, 2.75) is 206 Å². The average molecular weight is 591 g/mol. The van der Waals surface area contributed by atoms with Crippen molar-refractivity contribution in [3.63, 3.8) is 0 Å². The smallest absolute Gasteiger partial charge is 0.306 e. The summed E-state index contributed by atoms with van der Waals surface area (Å²) in [6.45, 7) is 4.47. The molecule has 4 heteroatoms. The third kappa shape index (κ3) is 32.9. The van der Waals surface area contributed by atoms with Gasteiger partial charge in [-0.05, 0) is 70.6 Å². The number of carbonyl (C=O) groups is 2. The van der Waals surface area contributed by atoms with Crippen molar-refractivity contribution in [1.29, 1.82) is 0 Å².